The quantitative estimate of drug-likeness (QED) is 0.626. The predicted octanol–water partition coefficient (Wildman–Crippen LogP) is -0.249. The summed E-state index contributed by atoms with van der Waals surface area (Å²) in [7, 11) is 0. The molecule has 0 radical (unpaired) electrons. The molecule has 118 valence electrons. The van der Waals surface area contributed by atoms with Crippen LogP contribution in [0.2, 0.25) is 0 Å². The second-order valence-corrected chi connectivity index (χ2v) is 5.87. The monoisotopic (exact) mass is 316 g/mol. The largest absolute Gasteiger partial charge is 0.350 e. The number of carbonyl (C=O) groups is 3. The van der Waals surface area contributed by atoms with Gasteiger partial charge >= 0.3 is 6.03 Å². The third-order valence-electron chi connectivity index (χ3n) is 4.43. The molecular weight excluding hydrogens is 296 g/mol. The van der Waals surface area contributed by atoms with Gasteiger partial charge in [-0.15, -0.1) is 12.4 Å². The van der Waals surface area contributed by atoms with Crippen molar-refractivity contribution in [3.05, 3.63) is 0 Å². The van der Waals surface area contributed by atoms with Crippen LogP contribution in [0.3, 0.4) is 0 Å². The van der Waals surface area contributed by atoms with Crippen LogP contribution in [0.25, 0.3) is 0 Å². The first-order valence-electron chi connectivity index (χ1n) is 7.25. The lowest BCUT2D eigenvalue weighted by Gasteiger charge is -2.20. The average Bonchev–Trinajstić information content (AvgIpc) is 3.10. The molecule has 2 aliphatic heterocycles. The molecule has 7 nitrogen and oxygen atoms in total. The van der Waals surface area contributed by atoms with Crippen molar-refractivity contribution in [3.8, 4) is 0 Å². The SMILES string of the molecule is Cl.O=C(CN1C(=O)NC2(CCCC2)C1=O)NC1CCNC1. The zero-order valence-electron chi connectivity index (χ0n) is 11.8. The minimum absolute atomic E-state index is 0. The average molecular weight is 317 g/mol. The number of urea groups is 1. The van der Waals surface area contributed by atoms with Crippen LogP contribution in [0.15, 0.2) is 0 Å². The van der Waals surface area contributed by atoms with E-state index in [1.807, 2.05) is 0 Å². The number of amides is 4. The van der Waals surface area contributed by atoms with E-state index in [1.54, 1.807) is 0 Å². The molecule has 0 aromatic carbocycles. The van der Waals surface area contributed by atoms with Gasteiger partial charge in [-0.05, 0) is 25.8 Å². The standard InChI is InChI=1S/C13H20N4O3.ClH/c18-10(15-9-3-6-14-7-9)8-17-11(19)13(16-12(17)20)4-1-2-5-13;/h9,14H,1-8H2,(H,15,18)(H,16,20);1H. The second kappa shape index (κ2) is 6.19. The van der Waals surface area contributed by atoms with E-state index >= 15 is 0 Å². The molecule has 3 rings (SSSR count). The van der Waals surface area contributed by atoms with Gasteiger partial charge in [-0.2, -0.15) is 0 Å². The Hall–Kier alpha value is -1.34. The molecule has 0 aromatic heterocycles. The van der Waals surface area contributed by atoms with E-state index < -0.39 is 11.6 Å². The third-order valence-corrected chi connectivity index (χ3v) is 4.43. The van der Waals surface area contributed by atoms with E-state index in [9.17, 15) is 14.4 Å². The Morgan fingerprint density at radius 2 is 2.05 bits per heavy atom. The Morgan fingerprint density at radius 1 is 1.33 bits per heavy atom. The highest BCUT2D eigenvalue weighted by Gasteiger charge is 2.52. The summed E-state index contributed by atoms with van der Waals surface area (Å²) >= 11 is 0. The summed E-state index contributed by atoms with van der Waals surface area (Å²) in [5, 5.41) is 8.78. The van der Waals surface area contributed by atoms with Gasteiger partial charge in [0, 0.05) is 12.6 Å². The molecule has 0 aromatic rings. The third kappa shape index (κ3) is 2.98. The highest BCUT2D eigenvalue weighted by atomic mass is 35.5. The molecule has 1 aliphatic carbocycles. The first-order chi connectivity index (χ1) is 9.61. The number of hydrogen-bond acceptors (Lipinski definition) is 4. The molecule has 1 unspecified atom stereocenters. The molecule has 3 aliphatic rings. The van der Waals surface area contributed by atoms with Crippen molar-refractivity contribution in [2.75, 3.05) is 19.6 Å². The summed E-state index contributed by atoms with van der Waals surface area (Å²) in [4.78, 5) is 37.3. The number of hydrogen-bond donors (Lipinski definition) is 3. The van der Waals surface area contributed by atoms with Crippen LogP contribution in [0, 0.1) is 0 Å². The Balaban J connectivity index is 0.00000161. The maximum Gasteiger partial charge on any atom is 0.325 e. The van der Waals surface area contributed by atoms with Crippen molar-refractivity contribution in [1.82, 2.24) is 20.9 Å². The van der Waals surface area contributed by atoms with Crippen molar-refractivity contribution in [2.45, 2.75) is 43.7 Å². The molecule has 2 saturated heterocycles. The summed E-state index contributed by atoms with van der Waals surface area (Å²) in [5.74, 6) is -0.503. The van der Waals surface area contributed by atoms with Crippen LogP contribution >= 0.6 is 12.4 Å². The zero-order chi connectivity index (χ0) is 14.2. The summed E-state index contributed by atoms with van der Waals surface area (Å²) < 4.78 is 0. The molecule has 1 saturated carbocycles. The molecule has 1 atom stereocenters. The van der Waals surface area contributed by atoms with Crippen molar-refractivity contribution in [1.29, 1.82) is 0 Å². The van der Waals surface area contributed by atoms with Crippen molar-refractivity contribution < 1.29 is 14.4 Å². The van der Waals surface area contributed by atoms with Crippen LogP contribution in [0.4, 0.5) is 4.79 Å². The fourth-order valence-electron chi connectivity index (χ4n) is 3.33. The lowest BCUT2D eigenvalue weighted by atomic mass is 9.98. The van der Waals surface area contributed by atoms with E-state index in [1.165, 1.54) is 0 Å². The van der Waals surface area contributed by atoms with Gasteiger partial charge in [0.1, 0.15) is 12.1 Å². The normalized spacial score (nSPS) is 26.9. The molecule has 4 amide bonds. The van der Waals surface area contributed by atoms with Crippen molar-refractivity contribution in [3.63, 3.8) is 0 Å². The lowest BCUT2D eigenvalue weighted by molar-refractivity contribution is -0.135. The number of imide groups is 1. The molecule has 8 heteroatoms. The van der Waals surface area contributed by atoms with E-state index in [0.717, 1.165) is 37.3 Å². The Morgan fingerprint density at radius 3 is 2.67 bits per heavy atom. The fraction of sp³-hybridized carbons (Fsp3) is 0.769. The first kappa shape index (κ1) is 16.0. The van der Waals surface area contributed by atoms with Gasteiger partial charge in [-0.3, -0.25) is 14.5 Å². The van der Waals surface area contributed by atoms with Gasteiger partial charge in [0.2, 0.25) is 5.91 Å². The second-order valence-electron chi connectivity index (χ2n) is 5.87. The topological polar surface area (TPSA) is 90.5 Å². The minimum atomic E-state index is -0.730. The van der Waals surface area contributed by atoms with Crippen LogP contribution in [-0.4, -0.2) is 54.0 Å². The molecule has 3 fully saturated rings. The Kier molecular flexibility index (Phi) is 4.73. The Labute approximate surface area is 129 Å². The van der Waals surface area contributed by atoms with E-state index in [0.29, 0.717) is 12.8 Å². The van der Waals surface area contributed by atoms with E-state index in [4.69, 9.17) is 0 Å². The minimum Gasteiger partial charge on any atom is -0.350 e. The van der Waals surface area contributed by atoms with Crippen LogP contribution in [0.1, 0.15) is 32.1 Å². The highest BCUT2D eigenvalue weighted by Crippen LogP contribution is 2.34. The van der Waals surface area contributed by atoms with Crippen LogP contribution < -0.4 is 16.0 Å². The van der Waals surface area contributed by atoms with Crippen molar-refractivity contribution in [2.24, 2.45) is 0 Å². The van der Waals surface area contributed by atoms with Gasteiger partial charge in [0.25, 0.3) is 5.91 Å². The van der Waals surface area contributed by atoms with Crippen LogP contribution in [-0.2, 0) is 9.59 Å². The van der Waals surface area contributed by atoms with Gasteiger partial charge in [-0.25, -0.2) is 4.79 Å². The molecule has 3 N–H and O–H groups in total. The van der Waals surface area contributed by atoms with Crippen LogP contribution in [0.5, 0.6) is 0 Å². The maximum absolute atomic E-state index is 12.4. The molecule has 2 heterocycles. The van der Waals surface area contributed by atoms with Gasteiger partial charge in [-0.1, -0.05) is 12.8 Å². The molecule has 21 heavy (non-hydrogen) atoms. The summed E-state index contributed by atoms with van der Waals surface area (Å²) in [6.45, 7) is 1.45. The Bertz CT molecular complexity index is 445. The first-order valence-corrected chi connectivity index (χ1v) is 7.25. The summed E-state index contributed by atoms with van der Waals surface area (Å²) in [6, 6.07) is -0.333. The molecule has 1 spiro atoms. The number of nitrogens with one attached hydrogen (secondary N) is 3. The number of carbonyl (C=O) groups excluding carboxylic acids is 3. The maximum atomic E-state index is 12.4. The predicted molar refractivity (Wildman–Crippen MR) is 78.1 cm³/mol. The summed E-state index contributed by atoms with van der Waals surface area (Å²) in [5.41, 5.74) is -0.730. The number of halogens is 1. The van der Waals surface area contributed by atoms with Gasteiger partial charge in [0.05, 0.1) is 0 Å². The van der Waals surface area contributed by atoms with E-state index in [2.05, 4.69) is 16.0 Å². The molecular formula is C13H21ClN4O3. The zero-order valence-corrected chi connectivity index (χ0v) is 12.6. The smallest absolute Gasteiger partial charge is 0.325 e. The fourth-order valence-corrected chi connectivity index (χ4v) is 3.33. The lowest BCUT2D eigenvalue weighted by Crippen LogP contribution is -2.47. The number of nitrogens with zero attached hydrogens (tertiary/aromatic N) is 1. The van der Waals surface area contributed by atoms with E-state index in [-0.39, 0.29) is 36.8 Å². The molecule has 0 bridgehead atoms. The number of rotatable bonds is 3. The van der Waals surface area contributed by atoms with Crippen molar-refractivity contribution >= 4 is 30.3 Å². The highest BCUT2D eigenvalue weighted by molar-refractivity contribution is 6.09. The van der Waals surface area contributed by atoms with Gasteiger partial charge < -0.3 is 16.0 Å². The summed E-state index contributed by atoms with van der Waals surface area (Å²) in [6.07, 6.45) is 4.14. The van der Waals surface area contributed by atoms with Gasteiger partial charge in [0.15, 0.2) is 0 Å².